The van der Waals surface area contributed by atoms with E-state index in [1.165, 1.54) is 0 Å². The van der Waals surface area contributed by atoms with Crippen LogP contribution in [0.3, 0.4) is 0 Å². The van der Waals surface area contributed by atoms with Crippen LogP contribution < -0.4 is 0 Å². The monoisotopic (exact) mass is 455 g/mol. The molecule has 1 aliphatic rings. The first-order valence-corrected chi connectivity index (χ1v) is 8.74. The van der Waals surface area contributed by atoms with Crippen LogP contribution in [0.5, 0.6) is 0 Å². The molecule has 1 unspecified atom stereocenters. The number of hydrogen-bond donors (Lipinski definition) is 1. The van der Waals surface area contributed by atoms with Crippen molar-refractivity contribution in [2.24, 2.45) is 5.11 Å². The second-order valence-corrected chi connectivity index (χ2v) is 8.48. The van der Waals surface area contributed by atoms with E-state index in [1.54, 1.807) is 6.92 Å². The van der Waals surface area contributed by atoms with Crippen LogP contribution in [0.15, 0.2) is 17.2 Å². The maximum Gasteiger partial charge on any atom is 0.416 e. The highest BCUT2D eigenvalue weighted by Crippen LogP contribution is 2.65. The molecule has 142 valence electrons. The topological polar surface area (TPSA) is 77.8 Å². The van der Waals surface area contributed by atoms with Gasteiger partial charge in [-0.3, -0.25) is 0 Å². The number of benzene rings is 1. The van der Waals surface area contributed by atoms with Gasteiger partial charge in [-0.15, -0.1) is 28.3 Å². The van der Waals surface area contributed by atoms with Crippen molar-refractivity contribution in [3.8, 4) is 11.8 Å². The summed E-state index contributed by atoms with van der Waals surface area (Å²) in [7, 11) is 0. The quantitative estimate of drug-likeness (QED) is 0.418. The fourth-order valence-electron chi connectivity index (χ4n) is 2.75. The molecule has 1 N–H and O–H groups in total. The normalized spacial score (nSPS) is 21.0. The SMILES string of the molecule is CC1(c2nn(-c3c(Cl)cc(C(F)(F)F)cc3Cl)c(N=N)c2C#N)CC1(Cl)Cl. The molecule has 5 nitrogen and oxygen atoms in total. The summed E-state index contributed by atoms with van der Waals surface area (Å²) in [5, 5.41) is 16.3. The maximum absolute atomic E-state index is 12.9. The molecule has 0 spiro atoms. The fraction of sp³-hybridized carbons (Fsp3) is 0.333. The van der Waals surface area contributed by atoms with E-state index in [-0.39, 0.29) is 32.8 Å². The fourth-order valence-corrected chi connectivity index (χ4v) is 4.11. The van der Waals surface area contributed by atoms with Crippen LogP contribution in [0.25, 0.3) is 5.69 Å². The minimum absolute atomic E-state index is 0.0808. The van der Waals surface area contributed by atoms with E-state index in [1.807, 2.05) is 6.07 Å². The third-order valence-corrected chi connectivity index (χ3v) is 6.09. The molecule has 1 aromatic heterocycles. The van der Waals surface area contributed by atoms with Crippen molar-refractivity contribution in [1.82, 2.24) is 9.78 Å². The molecule has 0 saturated heterocycles. The van der Waals surface area contributed by atoms with Gasteiger partial charge in [0, 0.05) is 5.41 Å². The van der Waals surface area contributed by atoms with Gasteiger partial charge in [-0.05, 0) is 18.6 Å². The lowest BCUT2D eigenvalue weighted by Crippen LogP contribution is -2.13. The third-order valence-electron chi connectivity index (χ3n) is 4.42. The average molecular weight is 457 g/mol. The second kappa shape index (κ2) is 6.24. The molecule has 3 rings (SSSR count). The van der Waals surface area contributed by atoms with Crippen molar-refractivity contribution >= 4 is 52.2 Å². The zero-order valence-electron chi connectivity index (χ0n) is 13.3. The van der Waals surface area contributed by atoms with E-state index in [9.17, 15) is 18.4 Å². The Kier molecular flexibility index (Phi) is 4.67. The molecule has 0 aliphatic heterocycles. The van der Waals surface area contributed by atoms with Gasteiger partial charge in [-0.1, -0.05) is 30.1 Å². The number of aromatic nitrogens is 2. The number of nitriles is 1. The number of hydrogen-bond acceptors (Lipinski definition) is 4. The van der Waals surface area contributed by atoms with Crippen LogP contribution in [0.2, 0.25) is 10.0 Å². The number of halogens is 7. The molecular weight excluding hydrogens is 449 g/mol. The molecule has 1 atom stereocenters. The second-order valence-electron chi connectivity index (χ2n) is 6.18. The van der Waals surface area contributed by atoms with Gasteiger partial charge in [0.25, 0.3) is 0 Å². The summed E-state index contributed by atoms with van der Waals surface area (Å²) in [5.74, 6) is -0.242. The first-order chi connectivity index (χ1) is 12.4. The molecule has 1 saturated carbocycles. The number of nitrogens with one attached hydrogen (secondary N) is 1. The zero-order valence-corrected chi connectivity index (χ0v) is 16.3. The molecule has 27 heavy (non-hydrogen) atoms. The molecule has 2 aromatic rings. The first-order valence-electron chi connectivity index (χ1n) is 7.23. The Labute approximate surface area is 171 Å². The summed E-state index contributed by atoms with van der Waals surface area (Å²) in [6.07, 6.45) is -4.36. The Hall–Kier alpha value is -1.53. The van der Waals surface area contributed by atoms with Crippen LogP contribution in [0, 0.1) is 16.9 Å². The summed E-state index contributed by atoms with van der Waals surface area (Å²) in [5.41, 5.74) is 5.38. The molecule has 0 bridgehead atoms. The lowest BCUT2D eigenvalue weighted by Gasteiger charge is -2.13. The van der Waals surface area contributed by atoms with Crippen molar-refractivity contribution in [1.29, 1.82) is 10.8 Å². The molecule has 1 fully saturated rings. The summed E-state index contributed by atoms with van der Waals surface area (Å²) in [4.78, 5) is 0. The molecule has 1 aromatic carbocycles. The minimum Gasteiger partial charge on any atom is -0.209 e. The van der Waals surface area contributed by atoms with Crippen LogP contribution in [0.1, 0.15) is 30.2 Å². The van der Waals surface area contributed by atoms with Crippen molar-refractivity contribution in [3.05, 3.63) is 39.0 Å². The van der Waals surface area contributed by atoms with Gasteiger partial charge in [0.2, 0.25) is 0 Å². The molecule has 12 heteroatoms. The van der Waals surface area contributed by atoms with Gasteiger partial charge in [0.15, 0.2) is 5.82 Å². The Morgan fingerprint density at radius 1 is 1.30 bits per heavy atom. The van der Waals surface area contributed by atoms with Gasteiger partial charge in [-0.2, -0.15) is 23.5 Å². The van der Waals surface area contributed by atoms with E-state index < -0.39 is 21.5 Å². The van der Waals surface area contributed by atoms with Crippen LogP contribution in [-0.2, 0) is 11.6 Å². The van der Waals surface area contributed by atoms with Crippen molar-refractivity contribution in [2.45, 2.75) is 29.3 Å². The summed E-state index contributed by atoms with van der Waals surface area (Å²) in [6, 6.07) is 3.24. The zero-order chi connectivity index (χ0) is 20.4. The molecule has 1 aliphatic carbocycles. The van der Waals surface area contributed by atoms with E-state index in [2.05, 4.69) is 10.2 Å². The summed E-state index contributed by atoms with van der Waals surface area (Å²) < 4.78 is 38.6. The lowest BCUT2D eigenvalue weighted by molar-refractivity contribution is -0.137. The number of alkyl halides is 5. The largest absolute Gasteiger partial charge is 0.416 e. The predicted octanol–water partition coefficient (Wildman–Crippen LogP) is 6.57. The molecule has 0 amide bonds. The maximum atomic E-state index is 12.9. The van der Waals surface area contributed by atoms with Gasteiger partial charge >= 0.3 is 6.18 Å². The Bertz CT molecular complexity index is 985. The highest BCUT2D eigenvalue weighted by Gasteiger charge is 2.66. The number of rotatable bonds is 3. The lowest BCUT2D eigenvalue weighted by atomic mass is 10.0. The van der Waals surface area contributed by atoms with E-state index >= 15 is 0 Å². The van der Waals surface area contributed by atoms with Crippen LogP contribution in [0.4, 0.5) is 19.0 Å². The highest BCUT2D eigenvalue weighted by atomic mass is 35.5. The Morgan fingerprint density at radius 2 is 1.81 bits per heavy atom. The van der Waals surface area contributed by atoms with Crippen molar-refractivity contribution in [2.75, 3.05) is 0 Å². The first kappa shape index (κ1) is 20.2. The van der Waals surface area contributed by atoms with Gasteiger partial charge in [0.05, 0.1) is 21.3 Å². The standard InChI is InChI=1S/C15H8Cl4F3N5/c1-13(5-14(13,18)19)11-7(4-23)12(25-24)27(26-11)10-8(16)2-6(3-9(10)17)15(20,21)22/h2-3,24H,5H2,1H3. The molecule has 0 radical (unpaired) electrons. The Balaban J connectivity index is 2.27. The average Bonchev–Trinajstić information content (AvgIpc) is 2.89. The van der Waals surface area contributed by atoms with E-state index in [0.29, 0.717) is 18.6 Å². The van der Waals surface area contributed by atoms with Crippen LogP contribution in [-0.4, -0.2) is 14.1 Å². The van der Waals surface area contributed by atoms with Gasteiger partial charge < -0.3 is 0 Å². The number of nitrogens with zero attached hydrogens (tertiary/aromatic N) is 4. The van der Waals surface area contributed by atoms with Crippen molar-refractivity contribution < 1.29 is 13.2 Å². The van der Waals surface area contributed by atoms with Gasteiger partial charge in [-0.25, -0.2) is 10.2 Å². The molecular formula is C15H8Cl4F3N5. The summed E-state index contributed by atoms with van der Waals surface area (Å²) >= 11 is 24.3. The van der Waals surface area contributed by atoms with Gasteiger partial charge in [0.1, 0.15) is 21.7 Å². The highest BCUT2D eigenvalue weighted by molar-refractivity contribution is 6.52. The van der Waals surface area contributed by atoms with Crippen molar-refractivity contribution in [3.63, 3.8) is 0 Å². The Morgan fingerprint density at radius 3 is 2.19 bits per heavy atom. The summed E-state index contributed by atoms with van der Waals surface area (Å²) in [6.45, 7) is 1.67. The van der Waals surface area contributed by atoms with E-state index in [0.717, 1.165) is 4.68 Å². The van der Waals surface area contributed by atoms with E-state index in [4.69, 9.17) is 51.9 Å². The minimum atomic E-state index is -4.65. The third kappa shape index (κ3) is 3.07. The molecule has 1 heterocycles. The van der Waals surface area contributed by atoms with Crippen LogP contribution >= 0.6 is 46.4 Å². The predicted molar refractivity (Wildman–Crippen MR) is 94.5 cm³/mol. The smallest absolute Gasteiger partial charge is 0.209 e.